The second-order valence-corrected chi connectivity index (χ2v) is 4.19. The maximum absolute atomic E-state index is 10.8. The summed E-state index contributed by atoms with van der Waals surface area (Å²) in [5, 5.41) is 8.88. The Morgan fingerprint density at radius 3 is 2.69 bits per heavy atom. The molecule has 1 aromatic rings. The highest BCUT2D eigenvalue weighted by Crippen LogP contribution is 2.19. The number of carboxylic acid groups (broad SMARTS) is 1. The summed E-state index contributed by atoms with van der Waals surface area (Å²) in [7, 11) is 0. The van der Waals surface area contributed by atoms with Crippen LogP contribution in [0.3, 0.4) is 0 Å². The lowest BCUT2D eigenvalue weighted by Crippen LogP contribution is -2.02. The van der Waals surface area contributed by atoms with Gasteiger partial charge in [-0.3, -0.25) is 0 Å². The molecule has 0 radical (unpaired) electrons. The number of halogens is 1. The molecule has 0 saturated heterocycles. The molecule has 1 N–H and O–H groups in total. The molecular weight excluding hydrogens is 299 g/mol. The van der Waals surface area contributed by atoms with Gasteiger partial charge in [0, 0.05) is 9.32 Å². The Kier molecular flexibility index (Phi) is 3.61. The first-order chi connectivity index (χ1) is 6.06. The lowest BCUT2D eigenvalue weighted by Gasteiger charge is -2.06. The number of carboxylic acids is 1. The molecule has 0 heterocycles. The van der Waals surface area contributed by atoms with E-state index in [9.17, 15) is 4.79 Å². The third-order valence-corrected chi connectivity index (χ3v) is 3.30. The van der Waals surface area contributed by atoms with Crippen LogP contribution in [-0.4, -0.2) is 11.1 Å². The standard InChI is InChI=1S/C9H9IO2S/c1-5-7(9(11)12)2-6(4-13)3-8(5)10/h2-3,13H,4H2,1H3,(H,11,12). The van der Waals surface area contributed by atoms with E-state index in [4.69, 9.17) is 5.11 Å². The molecule has 0 aliphatic heterocycles. The fraction of sp³-hybridized carbons (Fsp3) is 0.222. The molecule has 4 heteroatoms. The highest BCUT2D eigenvalue weighted by atomic mass is 127. The lowest BCUT2D eigenvalue weighted by atomic mass is 10.1. The fourth-order valence-electron chi connectivity index (χ4n) is 1.05. The van der Waals surface area contributed by atoms with Gasteiger partial charge in [0.05, 0.1) is 5.56 Å². The van der Waals surface area contributed by atoms with Crippen LogP contribution >= 0.6 is 35.2 Å². The summed E-state index contributed by atoms with van der Waals surface area (Å²) in [6, 6.07) is 3.63. The monoisotopic (exact) mass is 308 g/mol. The largest absolute Gasteiger partial charge is 0.478 e. The first kappa shape index (κ1) is 10.8. The Labute approximate surface area is 95.9 Å². The SMILES string of the molecule is Cc1c(I)cc(CS)cc1C(=O)O. The van der Waals surface area contributed by atoms with Crippen LogP contribution < -0.4 is 0 Å². The molecule has 1 aromatic carbocycles. The van der Waals surface area contributed by atoms with Gasteiger partial charge in [0.2, 0.25) is 0 Å². The Balaban J connectivity index is 3.33. The number of thiol groups is 1. The van der Waals surface area contributed by atoms with Crippen molar-refractivity contribution in [3.63, 3.8) is 0 Å². The van der Waals surface area contributed by atoms with Gasteiger partial charge >= 0.3 is 5.97 Å². The number of aromatic carboxylic acids is 1. The maximum Gasteiger partial charge on any atom is 0.335 e. The number of carbonyl (C=O) groups is 1. The maximum atomic E-state index is 10.8. The van der Waals surface area contributed by atoms with Gasteiger partial charge in [0.15, 0.2) is 0 Å². The highest BCUT2D eigenvalue weighted by Gasteiger charge is 2.10. The number of hydrogen-bond donors (Lipinski definition) is 2. The molecule has 0 spiro atoms. The second kappa shape index (κ2) is 4.32. The molecule has 1 rings (SSSR count). The van der Waals surface area contributed by atoms with Crippen LogP contribution in [0.25, 0.3) is 0 Å². The third kappa shape index (κ3) is 2.37. The van der Waals surface area contributed by atoms with Crippen LogP contribution in [0.2, 0.25) is 0 Å². The molecule has 0 fully saturated rings. The molecule has 0 aromatic heterocycles. The normalized spacial score (nSPS) is 10.1. The summed E-state index contributed by atoms with van der Waals surface area (Å²) in [6.07, 6.45) is 0. The Hall–Kier alpha value is -0.230. The van der Waals surface area contributed by atoms with Gasteiger partial charge in [-0.25, -0.2) is 4.79 Å². The minimum atomic E-state index is -0.876. The Morgan fingerprint density at radius 1 is 1.62 bits per heavy atom. The van der Waals surface area contributed by atoms with Gasteiger partial charge in [0.25, 0.3) is 0 Å². The highest BCUT2D eigenvalue weighted by molar-refractivity contribution is 14.1. The van der Waals surface area contributed by atoms with E-state index < -0.39 is 5.97 Å². The third-order valence-electron chi connectivity index (χ3n) is 1.82. The smallest absolute Gasteiger partial charge is 0.335 e. The van der Waals surface area contributed by atoms with Gasteiger partial charge in [0.1, 0.15) is 0 Å². The summed E-state index contributed by atoms with van der Waals surface area (Å²) in [6.45, 7) is 1.81. The predicted molar refractivity (Wildman–Crippen MR) is 63.5 cm³/mol. The fourth-order valence-corrected chi connectivity index (χ4v) is 1.92. The zero-order valence-corrected chi connectivity index (χ0v) is 10.1. The molecule has 0 bridgehead atoms. The van der Waals surface area contributed by atoms with Crippen molar-refractivity contribution in [2.24, 2.45) is 0 Å². The van der Waals surface area contributed by atoms with Crippen LogP contribution in [-0.2, 0) is 5.75 Å². The summed E-state index contributed by atoms with van der Waals surface area (Å²) in [5.41, 5.74) is 2.13. The minimum absolute atomic E-state index is 0.371. The van der Waals surface area contributed by atoms with E-state index in [0.717, 1.165) is 14.7 Å². The van der Waals surface area contributed by atoms with Gasteiger partial charge in [-0.2, -0.15) is 12.6 Å². The van der Waals surface area contributed by atoms with Gasteiger partial charge in [-0.15, -0.1) is 0 Å². The molecule has 2 nitrogen and oxygen atoms in total. The zero-order chi connectivity index (χ0) is 10.0. The van der Waals surface area contributed by atoms with Crippen molar-refractivity contribution in [1.29, 1.82) is 0 Å². The van der Waals surface area contributed by atoms with Crippen LogP contribution in [0, 0.1) is 10.5 Å². The zero-order valence-electron chi connectivity index (χ0n) is 7.04. The Bertz CT molecular complexity index is 350. The van der Waals surface area contributed by atoms with Crippen LogP contribution in [0.4, 0.5) is 0 Å². The van der Waals surface area contributed by atoms with Gasteiger partial charge in [-0.1, -0.05) is 0 Å². The summed E-state index contributed by atoms with van der Waals surface area (Å²) in [5.74, 6) is -0.310. The van der Waals surface area contributed by atoms with E-state index in [-0.39, 0.29) is 0 Å². The molecule has 0 aliphatic rings. The second-order valence-electron chi connectivity index (χ2n) is 2.71. The van der Waals surface area contributed by atoms with E-state index in [1.54, 1.807) is 6.07 Å². The van der Waals surface area contributed by atoms with Crippen LogP contribution in [0.15, 0.2) is 12.1 Å². The molecule has 0 aliphatic carbocycles. The molecule has 0 unspecified atom stereocenters. The number of rotatable bonds is 2. The average Bonchev–Trinajstić information content (AvgIpc) is 2.09. The van der Waals surface area contributed by atoms with E-state index >= 15 is 0 Å². The summed E-state index contributed by atoms with van der Waals surface area (Å²) >= 11 is 6.25. The van der Waals surface area contributed by atoms with Crippen molar-refractivity contribution >= 4 is 41.2 Å². The van der Waals surface area contributed by atoms with Crippen LogP contribution in [0.1, 0.15) is 21.5 Å². The van der Waals surface area contributed by atoms with E-state index in [1.807, 2.05) is 13.0 Å². The number of hydrogen-bond acceptors (Lipinski definition) is 2. The topological polar surface area (TPSA) is 37.3 Å². The molecule has 0 atom stereocenters. The lowest BCUT2D eigenvalue weighted by molar-refractivity contribution is 0.0696. The quantitative estimate of drug-likeness (QED) is 0.651. The van der Waals surface area contributed by atoms with Gasteiger partial charge in [-0.05, 0) is 52.8 Å². The van der Waals surface area contributed by atoms with Crippen molar-refractivity contribution in [2.45, 2.75) is 12.7 Å². The summed E-state index contributed by atoms with van der Waals surface area (Å²) in [4.78, 5) is 10.8. The first-order valence-electron chi connectivity index (χ1n) is 3.69. The summed E-state index contributed by atoms with van der Waals surface area (Å²) < 4.78 is 0.974. The van der Waals surface area contributed by atoms with Crippen molar-refractivity contribution in [3.8, 4) is 0 Å². The molecular formula is C9H9IO2S. The average molecular weight is 308 g/mol. The van der Waals surface area contributed by atoms with E-state index in [0.29, 0.717) is 11.3 Å². The minimum Gasteiger partial charge on any atom is -0.478 e. The Morgan fingerprint density at radius 2 is 2.23 bits per heavy atom. The molecule has 13 heavy (non-hydrogen) atoms. The van der Waals surface area contributed by atoms with Crippen molar-refractivity contribution in [2.75, 3.05) is 0 Å². The first-order valence-corrected chi connectivity index (χ1v) is 5.40. The van der Waals surface area contributed by atoms with Gasteiger partial charge < -0.3 is 5.11 Å². The number of benzene rings is 1. The molecule has 70 valence electrons. The van der Waals surface area contributed by atoms with Crippen molar-refractivity contribution in [1.82, 2.24) is 0 Å². The van der Waals surface area contributed by atoms with E-state index in [2.05, 4.69) is 35.2 Å². The van der Waals surface area contributed by atoms with E-state index in [1.165, 1.54) is 0 Å². The van der Waals surface area contributed by atoms with Crippen LogP contribution in [0.5, 0.6) is 0 Å². The molecule has 0 amide bonds. The van der Waals surface area contributed by atoms with Crippen molar-refractivity contribution in [3.05, 3.63) is 32.4 Å². The molecule has 0 saturated carbocycles. The predicted octanol–water partition coefficient (Wildman–Crippen LogP) is 2.73. The van der Waals surface area contributed by atoms with Crippen molar-refractivity contribution < 1.29 is 9.90 Å².